The highest BCUT2D eigenvalue weighted by Gasteiger charge is 2.42. The lowest BCUT2D eigenvalue weighted by molar-refractivity contribution is -0.0990. The Hall–Kier alpha value is -2.68. The summed E-state index contributed by atoms with van der Waals surface area (Å²) in [5, 5.41) is 11.7. The second kappa shape index (κ2) is 7.54. The number of carbonyl (C=O) groups is 2. The maximum atomic E-state index is 12.8. The first-order valence-electron chi connectivity index (χ1n) is 10.5. The van der Waals surface area contributed by atoms with Crippen LogP contribution in [0, 0.1) is 6.92 Å². The van der Waals surface area contributed by atoms with E-state index in [4.69, 9.17) is 4.74 Å². The fourth-order valence-electron chi connectivity index (χ4n) is 4.34. The predicted octanol–water partition coefficient (Wildman–Crippen LogP) is 1.35. The van der Waals surface area contributed by atoms with Gasteiger partial charge in [-0.3, -0.25) is 19.0 Å². The molecular weight excluding hydrogens is 384 g/mol. The Kier molecular flexibility index (Phi) is 5.17. The van der Waals surface area contributed by atoms with E-state index < -0.39 is 0 Å². The minimum atomic E-state index is -0.316. The van der Waals surface area contributed by atoms with E-state index in [0.717, 1.165) is 29.8 Å². The Morgan fingerprint density at radius 3 is 2.47 bits per heavy atom. The van der Waals surface area contributed by atoms with Crippen molar-refractivity contribution >= 4 is 11.8 Å². The van der Waals surface area contributed by atoms with E-state index in [2.05, 4.69) is 15.5 Å². The van der Waals surface area contributed by atoms with E-state index in [1.165, 1.54) is 0 Å². The van der Waals surface area contributed by atoms with Crippen molar-refractivity contribution in [2.45, 2.75) is 58.3 Å². The third-order valence-corrected chi connectivity index (χ3v) is 6.22. The zero-order valence-corrected chi connectivity index (χ0v) is 18.4. The normalized spacial score (nSPS) is 18.0. The lowest BCUT2D eigenvalue weighted by atomic mass is 9.83. The lowest BCUT2D eigenvalue weighted by Gasteiger charge is -2.43. The molecule has 0 aromatic carbocycles. The quantitative estimate of drug-likeness (QED) is 0.818. The number of aryl methyl sites for hydroxylation is 3. The number of nitrogens with one attached hydrogen (secondary N) is 1. The van der Waals surface area contributed by atoms with E-state index in [-0.39, 0.29) is 23.5 Å². The third kappa shape index (κ3) is 3.62. The Morgan fingerprint density at radius 2 is 1.87 bits per heavy atom. The van der Waals surface area contributed by atoms with Crippen molar-refractivity contribution in [2.75, 3.05) is 13.1 Å². The number of likely N-dealkylation sites (tertiary alicyclic amines) is 1. The van der Waals surface area contributed by atoms with Gasteiger partial charge in [-0.05, 0) is 39.7 Å². The van der Waals surface area contributed by atoms with Gasteiger partial charge in [-0.15, -0.1) is 0 Å². The first-order valence-corrected chi connectivity index (χ1v) is 10.5. The molecule has 0 radical (unpaired) electrons. The highest BCUT2D eigenvalue weighted by Crippen LogP contribution is 2.37. The van der Waals surface area contributed by atoms with Crippen LogP contribution < -0.4 is 5.32 Å². The van der Waals surface area contributed by atoms with Gasteiger partial charge in [0.1, 0.15) is 0 Å². The van der Waals surface area contributed by atoms with Crippen molar-refractivity contribution in [1.29, 1.82) is 0 Å². The van der Waals surface area contributed by atoms with Crippen LogP contribution in [0.2, 0.25) is 0 Å². The van der Waals surface area contributed by atoms with Crippen LogP contribution in [0.15, 0.2) is 6.07 Å². The van der Waals surface area contributed by atoms with E-state index in [0.29, 0.717) is 37.5 Å². The van der Waals surface area contributed by atoms with Crippen molar-refractivity contribution in [3.8, 4) is 0 Å². The van der Waals surface area contributed by atoms with Crippen LogP contribution in [-0.4, -0.2) is 61.0 Å². The highest BCUT2D eigenvalue weighted by atomic mass is 16.5. The average molecular weight is 415 g/mol. The summed E-state index contributed by atoms with van der Waals surface area (Å²) in [5.41, 5.74) is 3.52. The standard InChI is InChI=1S/C21H30N6O3/c1-13(2)22-19(28)18-15-12-30-21(11-17(15)26(5)24-18)6-8-27(9-7-21)20(29)16-10-14(3)25(4)23-16/h10,13H,6-9,11-12H2,1-5H3,(H,22,28). The van der Waals surface area contributed by atoms with Crippen LogP contribution in [0.3, 0.4) is 0 Å². The van der Waals surface area contributed by atoms with E-state index in [1.807, 2.05) is 50.5 Å². The first-order chi connectivity index (χ1) is 14.2. The second-order valence-corrected chi connectivity index (χ2v) is 8.76. The molecule has 0 atom stereocenters. The molecule has 0 bridgehead atoms. The summed E-state index contributed by atoms with van der Waals surface area (Å²) in [5.74, 6) is -0.189. The number of ether oxygens (including phenoxy) is 1. The van der Waals surface area contributed by atoms with Crippen LogP contribution in [-0.2, 0) is 31.9 Å². The molecule has 30 heavy (non-hydrogen) atoms. The van der Waals surface area contributed by atoms with E-state index >= 15 is 0 Å². The molecule has 0 unspecified atom stereocenters. The number of carbonyl (C=O) groups excluding carboxylic acids is 2. The molecule has 2 aromatic rings. The van der Waals surface area contributed by atoms with Gasteiger partial charge in [-0.1, -0.05) is 0 Å². The fourth-order valence-corrected chi connectivity index (χ4v) is 4.34. The third-order valence-electron chi connectivity index (χ3n) is 6.22. The van der Waals surface area contributed by atoms with Gasteiger partial charge >= 0.3 is 0 Å². The van der Waals surface area contributed by atoms with Crippen LogP contribution in [0.25, 0.3) is 0 Å². The lowest BCUT2D eigenvalue weighted by Crippen LogP contribution is -2.50. The summed E-state index contributed by atoms with van der Waals surface area (Å²) in [6, 6.07) is 1.88. The molecule has 9 nitrogen and oxygen atoms in total. The minimum absolute atomic E-state index is 0.0294. The van der Waals surface area contributed by atoms with Crippen molar-refractivity contribution in [3.05, 3.63) is 34.4 Å². The molecular formula is C21H30N6O3. The zero-order valence-electron chi connectivity index (χ0n) is 18.4. The highest BCUT2D eigenvalue weighted by molar-refractivity contribution is 5.94. The molecule has 1 N–H and O–H groups in total. The number of nitrogens with zero attached hydrogens (tertiary/aromatic N) is 5. The van der Waals surface area contributed by atoms with Crippen LogP contribution in [0.4, 0.5) is 0 Å². The van der Waals surface area contributed by atoms with Gasteiger partial charge in [-0.25, -0.2) is 0 Å². The molecule has 0 aliphatic carbocycles. The molecule has 2 aliphatic rings. The largest absolute Gasteiger partial charge is 0.370 e. The van der Waals surface area contributed by atoms with Gasteiger partial charge in [-0.2, -0.15) is 10.2 Å². The molecule has 2 aromatic heterocycles. The first kappa shape index (κ1) is 20.6. The van der Waals surface area contributed by atoms with Crippen molar-refractivity contribution in [2.24, 2.45) is 14.1 Å². The topological polar surface area (TPSA) is 94.3 Å². The van der Waals surface area contributed by atoms with Gasteiger partial charge in [0.05, 0.1) is 12.2 Å². The molecule has 4 heterocycles. The molecule has 1 fully saturated rings. The number of piperidine rings is 1. The monoisotopic (exact) mass is 414 g/mol. The van der Waals surface area contributed by atoms with Gasteiger partial charge in [0.2, 0.25) is 0 Å². The summed E-state index contributed by atoms with van der Waals surface area (Å²) in [7, 11) is 3.72. The van der Waals surface area contributed by atoms with E-state index in [9.17, 15) is 9.59 Å². The van der Waals surface area contributed by atoms with Crippen molar-refractivity contribution < 1.29 is 14.3 Å². The van der Waals surface area contributed by atoms with E-state index in [1.54, 1.807) is 4.68 Å². The summed E-state index contributed by atoms with van der Waals surface area (Å²) < 4.78 is 9.84. The Labute approximate surface area is 176 Å². The molecule has 162 valence electrons. The van der Waals surface area contributed by atoms with Gasteiger partial charge in [0, 0.05) is 56.6 Å². The maximum Gasteiger partial charge on any atom is 0.274 e. The molecule has 1 spiro atoms. The smallest absolute Gasteiger partial charge is 0.274 e. The van der Waals surface area contributed by atoms with Crippen LogP contribution in [0.5, 0.6) is 0 Å². The number of hydrogen-bond acceptors (Lipinski definition) is 5. The number of aromatic nitrogens is 4. The minimum Gasteiger partial charge on any atom is -0.370 e. The molecule has 4 rings (SSSR count). The summed E-state index contributed by atoms with van der Waals surface area (Å²) in [4.78, 5) is 27.2. The second-order valence-electron chi connectivity index (χ2n) is 8.76. The summed E-state index contributed by atoms with van der Waals surface area (Å²) in [6.07, 6.45) is 2.21. The summed E-state index contributed by atoms with van der Waals surface area (Å²) in [6.45, 7) is 7.42. The molecule has 2 amide bonds. The van der Waals surface area contributed by atoms with Gasteiger partial charge in [0.25, 0.3) is 11.8 Å². The van der Waals surface area contributed by atoms with Gasteiger partial charge in [0.15, 0.2) is 11.4 Å². The number of hydrogen-bond donors (Lipinski definition) is 1. The Morgan fingerprint density at radius 1 is 1.17 bits per heavy atom. The van der Waals surface area contributed by atoms with Gasteiger partial charge < -0.3 is 15.0 Å². The fraction of sp³-hybridized carbons (Fsp3) is 0.619. The maximum absolute atomic E-state index is 12.8. The molecule has 0 saturated carbocycles. The average Bonchev–Trinajstić information content (AvgIpc) is 3.20. The SMILES string of the molecule is Cc1cc(C(=O)N2CCC3(CC2)Cc2c(c(C(=O)NC(C)C)nn2C)CO3)nn1C. The Balaban J connectivity index is 1.46. The molecule has 2 aliphatic heterocycles. The van der Waals surface area contributed by atoms with Crippen LogP contribution >= 0.6 is 0 Å². The number of rotatable bonds is 3. The molecule has 1 saturated heterocycles. The van der Waals surface area contributed by atoms with Crippen molar-refractivity contribution in [1.82, 2.24) is 29.8 Å². The Bertz CT molecular complexity index is 962. The predicted molar refractivity (Wildman–Crippen MR) is 110 cm³/mol. The summed E-state index contributed by atoms with van der Waals surface area (Å²) >= 11 is 0. The zero-order chi connectivity index (χ0) is 21.6. The molecule has 9 heteroatoms. The van der Waals surface area contributed by atoms with Crippen LogP contribution in [0.1, 0.15) is 64.6 Å². The number of fused-ring (bicyclic) bond motifs is 1. The van der Waals surface area contributed by atoms with Crippen molar-refractivity contribution in [3.63, 3.8) is 0 Å². The number of amides is 2.